The van der Waals surface area contributed by atoms with Crippen LogP contribution >= 0.6 is 12.4 Å². The third kappa shape index (κ3) is 10.2. The largest absolute Gasteiger partial charge is 0.445 e. The van der Waals surface area contributed by atoms with Crippen LogP contribution in [0.2, 0.25) is 0 Å². The minimum atomic E-state index is -3.58. The second-order valence-corrected chi connectivity index (χ2v) is 13.3. The van der Waals surface area contributed by atoms with Gasteiger partial charge in [-0.25, -0.2) is 17.5 Å². The first-order valence-electron chi connectivity index (χ1n) is 15.3. The Kier molecular flexibility index (Phi) is 14.4. The van der Waals surface area contributed by atoms with E-state index in [0.717, 1.165) is 62.9 Å². The molecule has 1 amide bonds. The van der Waals surface area contributed by atoms with Gasteiger partial charge in [0.1, 0.15) is 6.61 Å². The Labute approximate surface area is 270 Å². The van der Waals surface area contributed by atoms with Crippen LogP contribution in [0.25, 0.3) is 0 Å². The predicted molar refractivity (Wildman–Crippen MR) is 180 cm³/mol. The summed E-state index contributed by atoms with van der Waals surface area (Å²) in [6, 6.07) is 28.7. The van der Waals surface area contributed by atoms with Crippen LogP contribution in [0.15, 0.2) is 109 Å². The number of rotatable bonds is 15. The Hall–Kier alpha value is -3.17. The molecule has 3 aromatic rings. The quantitative estimate of drug-likeness (QED) is 0.133. The maximum absolute atomic E-state index is 13.2. The number of allylic oxidation sites excluding steroid dienone is 1. The molecule has 0 radical (unpaired) electrons. The lowest BCUT2D eigenvalue weighted by atomic mass is 9.94. The Balaban J connectivity index is 0.00000529. The predicted octanol–water partition coefficient (Wildman–Crippen LogP) is 6.97. The molecule has 0 spiro atoms. The highest BCUT2D eigenvalue weighted by molar-refractivity contribution is 7.89. The van der Waals surface area contributed by atoms with Crippen LogP contribution in [-0.4, -0.2) is 74.4 Å². The zero-order valence-corrected chi connectivity index (χ0v) is 27.3. The van der Waals surface area contributed by atoms with Crippen molar-refractivity contribution in [1.82, 2.24) is 14.1 Å². The molecular weight excluding hydrogens is 594 g/mol. The van der Waals surface area contributed by atoms with E-state index in [1.807, 2.05) is 65.6 Å². The summed E-state index contributed by atoms with van der Waals surface area (Å²) < 4.78 is 33.7. The highest BCUT2D eigenvalue weighted by Gasteiger charge is 2.30. The van der Waals surface area contributed by atoms with Crippen LogP contribution in [0, 0.1) is 0 Å². The fourth-order valence-electron chi connectivity index (χ4n) is 5.69. The van der Waals surface area contributed by atoms with Gasteiger partial charge in [0.2, 0.25) is 10.0 Å². The van der Waals surface area contributed by atoms with E-state index >= 15 is 0 Å². The third-order valence-corrected chi connectivity index (χ3v) is 10.1. The smallest absolute Gasteiger partial charge is 0.410 e. The molecule has 4 rings (SSSR count). The zero-order valence-electron chi connectivity index (χ0n) is 25.7. The Morgan fingerprint density at radius 1 is 0.977 bits per heavy atom. The summed E-state index contributed by atoms with van der Waals surface area (Å²) in [5, 5.41) is 0. The lowest BCUT2D eigenvalue weighted by molar-refractivity contribution is 0.0597. The molecule has 238 valence electrons. The van der Waals surface area contributed by atoms with Crippen molar-refractivity contribution in [2.75, 3.05) is 39.8 Å². The summed E-state index contributed by atoms with van der Waals surface area (Å²) in [6.07, 6.45) is 5.96. The number of likely N-dealkylation sites (N-methyl/N-ethyl adjacent to an activating group) is 1. The number of hydrogen-bond acceptors (Lipinski definition) is 5. The standard InChI is InChI=1S/C35H45N3O4S.ClH/c1-3-4-14-24-38(35(39)42-29-30-15-8-5-9-16-30)33-22-26-37(27-23-33)25-21-32(31-17-10-6-11-18-31)28-36(2)43(40,41)34-19-12-7-13-20-34;/h3,5-13,15-20,32-33H,1,4,14,21-29H2,2H3;1H/t32-;/m0./s1. The summed E-state index contributed by atoms with van der Waals surface area (Å²) in [7, 11) is -1.91. The molecule has 1 aliphatic rings. The number of carbonyl (C=O) groups is 1. The SMILES string of the molecule is C=CCCCN(C(=O)OCc1ccccc1)C1CCN(CC[C@@H](CN(C)S(=O)(=O)c2ccccc2)c2ccccc2)CC1.Cl. The molecule has 0 bridgehead atoms. The topological polar surface area (TPSA) is 70.2 Å². The normalized spacial score (nSPS) is 14.9. The number of ether oxygens (including phenoxy) is 1. The van der Waals surface area contributed by atoms with Gasteiger partial charge >= 0.3 is 6.09 Å². The van der Waals surface area contributed by atoms with Gasteiger partial charge in [0.05, 0.1) is 4.90 Å². The molecule has 3 aromatic carbocycles. The minimum absolute atomic E-state index is 0. The summed E-state index contributed by atoms with van der Waals surface area (Å²) in [6.45, 7) is 7.78. The Morgan fingerprint density at radius 2 is 1.57 bits per heavy atom. The summed E-state index contributed by atoms with van der Waals surface area (Å²) >= 11 is 0. The van der Waals surface area contributed by atoms with Crippen LogP contribution < -0.4 is 0 Å². The summed E-state index contributed by atoms with van der Waals surface area (Å²) in [5.41, 5.74) is 2.12. The Morgan fingerprint density at radius 3 is 2.18 bits per heavy atom. The lowest BCUT2D eigenvalue weighted by Crippen LogP contribution is -2.48. The van der Waals surface area contributed by atoms with Gasteiger partial charge in [-0.15, -0.1) is 19.0 Å². The average molecular weight is 640 g/mol. The number of hydrogen-bond donors (Lipinski definition) is 0. The molecule has 0 saturated carbocycles. The van der Waals surface area contributed by atoms with Crippen LogP contribution in [0.3, 0.4) is 0 Å². The van der Waals surface area contributed by atoms with Gasteiger partial charge in [0, 0.05) is 39.3 Å². The van der Waals surface area contributed by atoms with Crippen molar-refractivity contribution in [2.24, 2.45) is 0 Å². The molecule has 0 N–H and O–H groups in total. The second kappa shape index (κ2) is 18.0. The fraction of sp³-hybridized carbons (Fsp3) is 0.400. The van der Waals surface area contributed by atoms with E-state index in [-0.39, 0.29) is 37.1 Å². The third-order valence-electron chi connectivity index (χ3n) is 8.24. The molecule has 1 fully saturated rings. The molecule has 9 heteroatoms. The van der Waals surface area contributed by atoms with Crippen molar-refractivity contribution < 1.29 is 17.9 Å². The molecular formula is C35H46ClN3O4S. The van der Waals surface area contributed by atoms with Gasteiger partial charge in [-0.05, 0) is 67.8 Å². The van der Waals surface area contributed by atoms with Gasteiger partial charge < -0.3 is 14.5 Å². The molecule has 1 heterocycles. The number of sulfonamides is 1. The van der Waals surface area contributed by atoms with Crippen molar-refractivity contribution in [3.05, 3.63) is 115 Å². The maximum atomic E-state index is 13.2. The molecule has 1 atom stereocenters. The average Bonchev–Trinajstić information content (AvgIpc) is 3.05. The Bertz CT molecular complexity index is 1370. The molecule has 0 aromatic heterocycles. The van der Waals surface area contributed by atoms with Crippen molar-refractivity contribution in [1.29, 1.82) is 0 Å². The van der Waals surface area contributed by atoms with Crippen molar-refractivity contribution in [2.45, 2.75) is 55.6 Å². The highest BCUT2D eigenvalue weighted by atomic mass is 35.5. The number of carbonyl (C=O) groups excluding carboxylic acids is 1. The van der Waals surface area contributed by atoms with Crippen LogP contribution in [0.4, 0.5) is 4.79 Å². The summed E-state index contributed by atoms with van der Waals surface area (Å²) in [4.78, 5) is 17.8. The van der Waals surface area contributed by atoms with Crippen LogP contribution in [0.1, 0.15) is 49.1 Å². The van der Waals surface area contributed by atoms with Gasteiger partial charge in [0.15, 0.2) is 0 Å². The molecule has 44 heavy (non-hydrogen) atoms. The van der Waals surface area contributed by atoms with Gasteiger partial charge in [-0.3, -0.25) is 0 Å². The fourth-order valence-corrected chi connectivity index (χ4v) is 6.93. The number of unbranched alkanes of at least 4 members (excludes halogenated alkanes) is 1. The highest BCUT2D eigenvalue weighted by Crippen LogP contribution is 2.26. The number of piperidine rings is 1. The zero-order chi connectivity index (χ0) is 30.5. The molecule has 7 nitrogen and oxygen atoms in total. The van der Waals surface area contributed by atoms with Gasteiger partial charge in [-0.2, -0.15) is 0 Å². The van der Waals surface area contributed by atoms with Crippen molar-refractivity contribution >= 4 is 28.5 Å². The summed E-state index contributed by atoms with van der Waals surface area (Å²) in [5.74, 6) is 0.0609. The van der Waals surface area contributed by atoms with Crippen molar-refractivity contribution in [3.8, 4) is 0 Å². The van der Waals surface area contributed by atoms with E-state index in [0.29, 0.717) is 18.0 Å². The van der Waals surface area contributed by atoms with E-state index in [2.05, 4.69) is 23.6 Å². The first-order valence-corrected chi connectivity index (χ1v) is 16.7. The number of nitrogens with zero attached hydrogens (tertiary/aromatic N) is 3. The van der Waals surface area contributed by atoms with Gasteiger partial charge in [0.25, 0.3) is 0 Å². The molecule has 0 unspecified atom stereocenters. The van der Waals surface area contributed by atoms with E-state index in [9.17, 15) is 13.2 Å². The van der Waals surface area contributed by atoms with E-state index in [4.69, 9.17) is 4.74 Å². The molecule has 0 aliphatic carbocycles. The second-order valence-electron chi connectivity index (χ2n) is 11.2. The first kappa shape index (κ1) is 35.3. The minimum Gasteiger partial charge on any atom is -0.445 e. The van der Waals surface area contributed by atoms with E-state index < -0.39 is 10.0 Å². The lowest BCUT2D eigenvalue weighted by Gasteiger charge is -2.38. The number of benzene rings is 3. The van der Waals surface area contributed by atoms with Crippen molar-refractivity contribution in [3.63, 3.8) is 0 Å². The van der Waals surface area contributed by atoms with Crippen LogP contribution in [0.5, 0.6) is 0 Å². The van der Waals surface area contributed by atoms with E-state index in [1.54, 1.807) is 31.3 Å². The number of amides is 1. The van der Waals surface area contributed by atoms with E-state index in [1.165, 1.54) is 4.31 Å². The maximum Gasteiger partial charge on any atom is 0.410 e. The number of halogens is 1. The van der Waals surface area contributed by atoms with Crippen LogP contribution in [-0.2, 0) is 21.4 Å². The molecule has 1 saturated heterocycles. The molecule has 1 aliphatic heterocycles. The number of likely N-dealkylation sites (tertiary alicyclic amines) is 1. The first-order chi connectivity index (χ1) is 20.9. The van der Waals surface area contributed by atoms with Gasteiger partial charge in [-0.1, -0.05) is 84.9 Å². The monoisotopic (exact) mass is 639 g/mol.